The van der Waals surface area contributed by atoms with Crippen molar-refractivity contribution in [3.63, 3.8) is 0 Å². The minimum Gasteiger partial charge on any atom is -0.482 e. The predicted octanol–water partition coefficient (Wildman–Crippen LogP) is 1.30. The van der Waals surface area contributed by atoms with Crippen LogP contribution < -0.4 is 9.64 Å². The van der Waals surface area contributed by atoms with Gasteiger partial charge in [-0.05, 0) is 12.1 Å². The van der Waals surface area contributed by atoms with E-state index in [1.54, 1.807) is 18.2 Å². The fourth-order valence-corrected chi connectivity index (χ4v) is 1.97. The molecular formula is C13H10N2O5. The van der Waals surface area contributed by atoms with Crippen LogP contribution in [0, 0.1) is 0 Å². The lowest BCUT2D eigenvalue weighted by Gasteiger charge is -2.28. The normalized spacial score (nSPS) is 13.8. The van der Waals surface area contributed by atoms with E-state index in [9.17, 15) is 9.59 Å². The van der Waals surface area contributed by atoms with E-state index in [1.807, 2.05) is 6.07 Å². The first kappa shape index (κ1) is 12.2. The molecular weight excluding hydrogens is 264 g/mol. The fourth-order valence-electron chi connectivity index (χ4n) is 1.97. The molecule has 1 aromatic carbocycles. The zero-order valence-corrected chi connectivity index (χ0v) is 10.3. The number of ether oxygens (including phenoxy) is 1. The molecule has 102 valence electrons. The van der Waals surface area contributed by atoms with Gasteiger partial charge in [0.05, 0.1) is 12.2 Å². The second-order valence-electron chi connectivity index (χ2n) is 4.22. The highest BCUT2D eigenvalue weighted by atomic mass is 16.5. The van der Waals surface area contributed by atoms with Gasteiger partial charge in [0.1, 0.15) is 5.75 Å². The van der Waals surface area contributed by atoms with E-state index in [1.165, 1.54) is 11.0 Å². The van der Waals surface area contributed by atoms with Crippen LogP contribution in [0.25, 0.3) is 0 Å². The maximum absolute atomic E-state index is 11.9. The Morgan fingerprint density at radius 1 is 1.40 bits per heavy atom. The molecule has 0 aliphatic carbocycles. The first-order valence-electron chi connectivity index (χ1n) is 5.86. The molecule has 1 N–H and O–H groups in total. The van der Waals surface area contributed by atoms with Crippen molar-refractivity contribution in [2.24, 2.45) is 0 Å². The minimum atomic E-state index is -1.17. The van der Waals surface area contributed by atoms with Crippen molar-refractivity contribution < 1.29 is 24.0 Å². The summed E-state index contributed by atoms with van der Waals surface area (Å²) in [5.74, 6) is -0.497. The average Bonchev–Trinajstić information content (AvgIpc) is 2.91. The summed E-state index contributed by atoms with van der Waals surface area (Å²) in [7, 11) is 0. The Hall–Kier alpha value is -2.83. The lowest BCUT2D eigenvalue weighted by atomic mass is 10.2. The van der Waals surface area contributed by atoms with Gasteiger partial charge >= 0.3 is 5.97 Å². The Bertz CT molecular complexity index is 679. The van der Waals surface area contributed by atoms with Gasteiger partial charge in [0.2, 0.25) is 0 Å². The molecule has 0 fully saturated rings. The number of hydrogen-bond acceptors (Lipinski definition) is 5. The number of amides is 1. The maximum Gasteiger partial charge on any atom is 0.358 e. The zero-order chi connectivity index (χ0) is 14.1. The summed E-state index contributed by atoms with van der Waals surface area (Å²) in [5.41, 5.74) is 0.436. The molecule has 1 amide bonds. The molecule has 7 heteroatoms. The number of aromatic nitrogens is 1. The molecule has 1 aromatic heterocycles. The first-order chi connectivity index (χ1) is 9.65. The Labute approximate surface area is 113 Å². The van der Waals surface area contributed by atoms with Gasteiger partial charge in [-0.25, -0.2) is 4.79 Å². The lowest BCUT2D eigenvalue weighted by Crippen LogP contribution is -2.38. The van der Waals surface area contributed by atoms with Gasteiger partial charge in [-0.1, -0.05) is 17.3 Å². The Kier molecular flexibility index (Phi) is 2.86. The minimum absolute atomic E-state index is 0.0586. The van der Waals surface area contributed by atoms with E-state index >= 15 is 0 Å². The van der Waals surface area contributed by atoms with Crippen LogP contribution >= 0.6 is 0 Å². The van der Waals surface area contributed by atoms with Crippen molar-refractivity contribution in [2.45, 2.75) is 6.54 Å². The van der Waals surface area contributed by atoms with E-state index in [0.717, 1.165) is 0 Å². The van der Waals surface area contributed by atoms with Crippen molar-refractivity contribution in [1.29, 1.82) is 0 Å². The molecule has 0 atom stereocenters. The number of carboxylic acids is 1. The number of carboxylic acid groups (broad SMARTS) is 1. The average molecular weight is 274 g/mol. The molecule has 2 aromatic rings. The number of anilines is 1. The molecule has 1 aliphatic rings. The quantitative estimate of drug-likeness (QED) is 0.906. The SMILES string of the molecule is O=C(O)c1cc(CN2C(=O)COc3ccccc32)on1. The van der Waals surface area contributed by atoms with Crippen molar-refractivity contribution in [1.82, 2.24) is 5.16 Å². The monoisotopic (exact) mass is 274 g/mol. The largest absolute Gasteiger partial charge is 0.482 e. The smallest absolute Gasteiger partial charge is 0.358 e. The van der Waals surface area contributed by atoms with Gasteiger partial charge in [0.15, 0.2) is 18.1 Å². The Balaban J connectivity index is 1.89. The van der Waals surface area contributed by atoms with E-state index in [0.29, 0.717) is 17.2 Å². The van der Waals surface area contributed by atoms with E-state index in [-0.39, 0.29) is 24.8 Å². The molecule has 20 heavy (non-hydrogen) atoms. The number of carbonyl (C=O) groups excluding carboxylic acids is 1. The highest BCUT2D eigenvalue weighted by Crippen LogP contribution is 2.32. The summed E-state index contributed by atoms with van der Waals surface area (Å²) in [6, 6.07) is 8.41. The Morgan fingerprint density at radius 3 is 2.95 bits per heavy atom. The number of benzene rings is 1. The number of aromatic carboxylic acids is 1. The summed E-state index contributed by atoms with van der Waals surface area (Å²) in [5, 5.41) is 12.2. The highest BCUT2D eigenvalue weighted by molar-refractivity contribution is 5.97. The van der Waals surface area contributed by atoms with Gasteiger partial charge in [-0.3, -0.25) is 9.69 Å². The van der Waals surface area contributed by atoms with Gasteiger partial charge < -0.3 is 14.4 Å². The van der Waals surface area contributed by atoms with E-state index in [4.69, 9.17) is 14.4 Å². The molecule has 0 bridgehead atoms. The van der Waals surface area contributed by atoms with Crippen LogP contribution in [0.15, 0.2) is 34.9 Å². The molecule has 0 unspecified atom stereocenters. The van der Waals surface area contributed by atoms with Crippen molar-refractivity contribution in [3.05, 3.63) is 41.8 Å². The number of rotatable bonds is 3. The van der Waals surface area contributed by atoms with Crippen LogP contribution in [0.2, 0.25) is 0 Å². The van der Waals surface area contributed by atoms with Crippen LogP contribution in [0.3, 0.4) is 0 Å². The zero-order valence-electron chi connectivity index (χ0n) is 10.3. The molecule has 7 nitrogen and oxygen atoms in total. The van der Waals surface area contributed by atoms with Crippen LogP contribution in [0.4, 0.5) is 5.69 Å². The van der Waals surface area contributed by atoms with Crippen LogP contribution in [-0.4, -0.2) is 28.7 Å². The third-order valence-corrected chi connectivity index (χ3v) is 2.90. The van der Waals surface area contributed by atoms with Gasteiger partial charge in [0, 0.05) is 6.07 Å². The summed E-state index contributed by atoms with van der Waals surface area (Å²) < 4.78 is 10.2. The maximum atomic E-state index is 11.9. The number of hydrogen-bond donors (Lipinski definition) is 1. The molecule has 2 heterocycles. The predicted molar refractivity (Wildman–Crippen MR) is 66.6 cm³/mol. The summed E-state index contributed by atoms with van der Waals surface area (Å²) in [4.78, 5) is 24.1. The second-order valence-corrected chi connectivity index (χ2v) is 4.22. The summed E-state index contributed by atoms with van der Waals surface area (Å²) in [6.07, 6.45) is 0. The molecule has 0 radical (unpaired) electrons. The topological polar surface area (TPSA) is 92.9 Å². The van der Waals surface area contributed by atoms with E-state index < -0.39 is 5.97 Å². The molecule has 1 aliphatic heterocycles. The second kappa shape index (κ2) is 4.69. The molecule has 0 saturated heterocycles. The van der Waals surface area contributed by atoms with Crippen molar-refractivity contribution in [2.75, 3.05) is 11.5 Å². The number of carbonyl (C=O) groups is 2. The number of fused-ring (bicyclic) bond motifs is 1. The van der Waals surface area contributed by atoms with Crippen LogP contribution in [-0.2, 0) is 11.3 Å². The summed E-state index contributed by atoms with van der Waals surface area (Å²) in [6.45, 7) is 0.0520. The van der Waals surface area contributed by atoms with Crippen LogP contribution in [0.5, 0.6) is 5.75 Å². The highest BCUT2D eigenvalue weighted by Gasteiger charge is 2.26. The standard InChI is InChI=1S/C13H10N2O5/c16-12-7-19-11-4-2-1-3-10(11)15(12)6-8-5-9(13(17)18)14-20-8/h1-5H,6-7H2,(H,17,18). The lowest BCUT2D eigenvalue weighted by molar-refractivity contribution is -0.121. The summed E-state index contributed by atoms with van der Waals surface area (Å²) >= 11 is 0. The van der Waals surface area contributed by atoms with Crippen molar-refractivity contribution >= 4 is 17.6 Å². The van der Waals surface area contributed by atoms with Crippen LogP contribution in [0.1, 0.15) is 16.2 Å². The first-order valence-corrected chi connectivity index (χ1v) is 5.86. The fraction of sp³-hybridized carbons (Fsp3) is 0.154. The molecule has 3 rings (SSSR count). The molecule has 0 spiro atoms. The van der Waals surface area contributed by atoms with Gasteiger partial charge in [-0.15, -0.1) is 0 Å². The van der Waals surface area contributed by atoms with Gasteiger partial charge in [0.25, 0.3) is 5.91 Å². The number of nitrogens with zero attached hydrogens (tertiary/aromatic N) is 2. The van der Waals surface area contributed by atoms with Gasteiger partial charge in [-0.2, -0.15) is 0 Å². The van der Waals surface area contributed by atoms with Crippen molar-refractivity contribution in [3.8, 4) is 5.75 Å². The van der Waals surface area contributed by atoms with E-state index in [2.05, 4.69) is 5.16 Å². The third kappa shape index (κ3) is 2.09. The third-order valence-electron chi connectivity index (χ3n) is 2.90. The molecule has 0 saturated carbocycles. The number of para-hydroxylation sites is 2. The Morgan fingerprint density at radius 2 is 2.20 bits per heavy atom.